The zero-order valence-electron chi connectivity index (χ0n) is 14.5. The van der Waals surface area contributed by atoms with Crippen molar-refractivity contribution in [2.24, 2.45) is 0 Å². The number of hydrogen-bond donors (Lipinski definition) is 1. The first-order valence-electron chi connectivity index (χ1n) is 8.35. The number of nitrogens with zero attached hydrogens (tertiary/aromatic N) is 1. The lowest BCUT2D eigenvalue weighted by Gasteiger charge is -2.10. The van der Waals surface area contributed by atoms with E-state index >= 15 is 0 Å². The molecule has 0 spiro atoms. The van der Waals surface area contributed by atoms with Gasteiger partial charge in [-0.05, 0) is 11.6 Å². The van der Waals surface area contributed by atoms with Crippen molar-refractivity contribution in [2.45, 2.75) is 15.9 Å². The van der Waals surface area contributed by atoms with Crippen LogP contribution in [-0.2, 0) is 15.8 Å². The molecule has 0 aliphatic heterocycles. The summed E-state index contributed by atoms with van der Waals surface area (Å²) in [6.45, 7) is 0. The standard InChI is InChI=1S/C20H15FN2O3S2/c21-16-11-17(20(22-12-16)27-13-14-6-2-1-3-7-14)23-28(24,25)19-10-15-8-4-5-9-18(15)26-19/h1-12,23H,13H2. The molecule has 0 saturated heterocycles. The molecule has 2 aromatic carbocycles. The van der Waals surface area contributed by atoms with Gasteiger partial charge < -0.3 is 4.42 Å². The van der Waals surface area contributed by atoms with Gasteiger partial charge >= 0.3 is 0 Å². The molecule has 0 unspecified atom stereocenters. The molecular weight excluding hydrogens is 399 g/mol. The third-order valence-electron chi connectivity index (χ3n) is 3.95. The van der Waals surface area contributed by atoms with Crippen molar-refractivity contribution in [1.82, 2.24) is 4.98 Å². The van der Waals surface area contributed by atoms with E-state index in [1.807, 2.05) is 30.3 Å². The predicted molar refractivity (Wildman–Crippen MR) is 107 cm³/mol. The van der Waals surface area contributed by atoms with Gasteiger partial charge in [0.25, 0.3) is 10.0 Å². The lowest BCUT2D eigenvalue weighted by molar-refractivity contribution is 0.484. The van der Waals surface area contributed by atoms with Gasteiger partial charge in [-0.15, -0.1) is 0 Å². The molecule has 4 rings (SSSR count). The maximum atomic E-state index is 13.7. The molecule has 2 heterocycles. The highest BCUT2D eigenvalue weighted by Crippen LogP contribution is 2.31. The lowest BCUT2D eigenvalue weighted by atomic mass is 10.2. The maximum Gasteiger partial charge on any atom is 0.295 e. The summed E-state index contributed by atoms with van der Waals surface area (Å²) in [5, 5.41) is 0.806. The van der Waals surface area contributed by atoms with Crippen molar-refractivity contribution in [3.05, 3.63) is 84.3 Å². The summed E-state index contributed by atoms with van der Waals surface area (Å²) in [5.41, 5.74) is 1.57. The number of anilines is 1. The van der Waals surface area contributed by atoms with Gasteiger partial charge in [0.15, 0.2) is 0 Å². The molecule has 5 nitrogen and oxygen atoms in total. The van der Waals surface area contributed by atoms with E-state index in [-0.39, 0.29) is 10.8 Å². The molecule has 0 saturated carbocycles. The Kier molecular flexibility index (Phi) is 5.06. The molecule has 0 amide bonds. The summed E-state index contributed by atoms with van der Waals surface area (Å²) in [5.74, 6) is -0.0647. The molecule has 1 N–H and O–H groups in total. The van der Waals surface area contributed by atoms with Crippen LogP contribution in [0.1, 0.15) is 5.56 Å². The molecule has 0 aliphatic rings. The fraction of sp³-hybridized carbons (Fsp3) is 0.0500. The van der Waals surface area contributed by atoms with Crippen LogP contribution in [0.5, 0.6) is 0 Å². The molecule has 0 bridgehead atoms. The van der Waals surface area contributed by atoms with Crippen LogP contribution in [0.15, 0.2) is 87.5 Å². The highest BCUT2D eigenvalue weighted by Gasteiger charge is 2.22. The first-order valence-corrected chi connectivity index (χ1v) is 10.8. The van der Waals surface area contributed by atoms with Gasteiger partial charge in [-0.25, -0.2) is 9.37 Å². The van der Waals surface area contributed by atoms with Gasteiger partial charge in [-0.2, -0.15) is 8.42 Å². The Morgan fingerprint density at radius 2 is 1.79 bits per heavy atom. The topological polar surface area (TPSA) is 72.2 Å². The Morgan fingerprint density at radius 1 is 1.04 bits per heavy atom. The second kappa shape index (κ2) is 7.65. The number of fused-ring (bicyclic) bond motifs is 1. The first-order chi connectivity index (χ1) is 13.5. The number of benzene rings is 2. The highest BCUT2D eigenvalue weighted by atomic mass is 32.2. The van der Waals surface area contributed by atoms with Crippen LogP contribution >= 0.6 is 11.8 Å². The number of para-hydroxylation sites is 1. The van der Waals surface area contributed by atoms with Crippen LogP contribution in [0.2, 0.25) is 0 Å². The fourth-order valence-electron chi connectivity index (χ4n) is 2.63. The molecule has 142 valence electrons. The largest absolute Gasteiger partial charge is 0.443 e. The van der Waals surface area contributed by atoms with Gasteiger partial charge in [0.05, 0.1) is 11.9 Å². The van der Waals surface area contributed by atoms with E-state index in [9.17, 15) is 12.8 Å². The molecule has 8 heteroatoms. The van der Waals surface area contributed by atoms with Crippen LogP contribution < -0.4 is 4.72 Å². The molecule has 0 radical (unpaired) electrons. The average Bonchev–Trinajstić information content (AvgIpc) is 3.13. The molecule has 4 aromatic rings. The Balaban J connectivity index is 1.61. The number of rotatable bonds is 6. The Labute approximate surface area is 165 Å². The zero-order valence-corrected chi connectivity index (χ0v) is 16.1. The van der Waals surface area contributed by atoms with Gasteiger partial charge in [-0.1, -0.05) is 60.3 Å². The maximum absolute atomic E-state index is 13.7. The number of aromatic nitrogens is 1. The van der Waals surface area contributed by atoms with Crippen LogP contribution in [-0.4, -0.2) is 13.4 Å². The van der Waals surface area contributed by atoms with Crippen molar-refractivity contribution >= 4 is 38.4 Å². The molecule has 0 aliphatic carbocycles. The van der Waals surface area contributed by atoms with Crippen LogP contribution in [0, 0.1) is 5.82 Å². The first kappa shape index (κ1) is 18.5. The SMILES string of the molecule is O=S(=O)(Nc1cc(F)cnc1SCc1ccccc1)c1cc2ccccc2o1. The summed E-state index contributed by atoms with van der Waals surface area (Å²) >= 11 is 1.31. The number of halogens is 1. The second-order valence-corrected chi connectivity index (χ2v) is 8.57. The molecule has 28 heavy (non-hydrogen) atoms. The average molecular weight is 414 g/mol. The van der Waals surface area contributed by atoms with E-state index < -0.39 is 15.8 Å². The number of nitrogens with one attached hydrogen (secondary N) is 1. The van der Waals surface area contributed by atoms with Crippen LogP contribution in [0.25, 0.3) is 11.0 Å². The van der Waals surface area contributed by atoms with E-state index in [1.165, 1.54) is 17.8 Å². The van der Waals surface area contributed by atoms with Crippen molar-refractivity contribution in [1.29, 1.82) is 0 Å². The van der Waals surface area contributed by atoms with E-state index in [1.54, 1.807) is 24.3 Å². The van der Waals surface area contributed by atoms with E-state index in [4.69, 9.17) is 4.42 Å². The van der Waals surface area contributed by atoms with Crippen LogP contribution in [0.3, 0.4) is 0 Å². The fourth-order valence-corrected chi connectivity index (χ4v) is 4.61. The van der Waals surface area contributed by atoms with Crippen LogP contribution in [0.4, 0.5) is 10.1 Å². The molecular formula is C20H15FN2O3S2. The second-order valence-electron chi connectivity index (χ2n) is 5.99. The number of sulfonamides is 1. The van der Waals surface area contributed by atoms with Crippen molar-refractivity contribution in [3.8, 4) is 0 Å². The minimum absolute atomic E-state index is 0.0707. The summed E-state index contributed by atoms with van der Waals surface area (Å²) in [6.07, 6.45) is 1.06. The molecule has 0 atom stereocenters. The zero-order chi connectivity index (χ0) is 19.6. The monoisotopic (exact) mass is 414 g/mol. The summed E-state index contributed by atoms with van der Waals surface area (Å²) in [4.78, 5) is 4.04. The normalized spacial score (nSPS) is 11.6. The quantitative estimate of drug-likeness (QED) is 0.447. The Morgan fingerprint density at radius 3 is 2.57 bits per heavy atom. The van der Waals surface area contributed by atoms with E-state index in [2.05, 4.69) is 9.71 Å². The summed E-state index contributed by atoms with van der Waals surface area (Å²) < 4.78 is 47.0. The number of furan rings is 1. The van der Waals surface area contributed by atoms with Gasteiger partial charge in [0, 0.05) is 23.3 Å². The number of hydrogen-bond acceptors (Lipinski definition) is 5. The highest BCUT2D eigenvalue weighted by molar-refractivity contribution is 7.98. The van der Waals surface area contributed by atoms with E-state index in [0.29, 0.717) is 21.7 Å². The lowest BCUT2D eigenvalue weighted by Crippen LogP contribution is -2.13. The predicted octanol–water partition coefficient (Wildman–Crippen LogP) is 5.06. The molecule has 0 fully saturated rings. The van der Waals surface area contributed by atoms with Crippen molar-refractivity contribution < 1.29 is 17.2 Å². The number of pyridine rings is 1. The van der Waals surface area contributed by atoms with Crippen molar-refractivity contribution in [2.75, 3.05) is 4.72 Å². The minimum atomic E-state index is -4.03. The third kappa shape index (κ3) is 4.02. The Bertz CT molecular complexity index is 1190. The number of thioether (sulfide) groups is 1. The van der Waals surface area contributed by atoms with Gasteiger partial charge in [0.2, 0.25) is 5.09 Å². The summed E-state index contributed by atoms with van der Waals surface area (Å²) in [7, 11) is -4.03. The van der Waals surface area contributed by atoms with Gasteiger partial charge in [0.1, 0.15) is 16.4 Å². The minimum Gasteiger partial charge on any atom is -0.443 e. The Hall–Kier alpha value is -2.84. The van der Waals surface area contributed by atoms with Gasteiger partial charge in [-0.3, -0.25) is 4.72 Å². The van der Waals surface area contributed by atoms with Crippen molar-refractivity contribution in [3.63, 3.8) is 0 Å². The van der Waals surface area contributed by atoms with E-state index in [0.717, 1.165) is 17.8 Å². The molecule has 2 aromatic heterocycles. The third-order valence-corrected chi connectivity index (χ3v) is 6.24. The summed E-state index contributed by atoms with van der Waals surface area (Å²) in [6, 6.07) is 19.2. The smallest absolute Gasteiger partial charge is 0.295 e.